The molecule has 24 nitrogen and oxygen atoms in total. The van der Waals surface area contributed by atoms with Gasteiger partial charge in [0.25, 0.3) is 0 Å². The number of morpholine rings is 3. The fraction of sp³-hybridized carbons (Fsp3) is 0.424. The molecule has 13 rings (SSSR count). The summed E-state index contributed by atoms with van der Waals surface area (Å²) in [6.07, 6.45) is -9.11. The molecule has 4 aliphatic rings. The van der Waals surface area contributed by atoms with E-state index in [9.17, 15) is 44.3 Å². The van der Waals surface area contributed by atoms with Gasteiger partial charge in [0.2, 0.25) is 11.2 Å². The van der Waals surface area contributed by atoms with Crippen molar-refractivity contribution in [3.63, 3.8) is 0 Å². The second kappa shape index (κ2) is 28.1. The molecule has 0 aliphatic carbocycles. The quantitative estimate of drug-likeness (QED) is 0.0499. The summed E-state index contributed by atoms with van der Waals surface area (Å²) in [5.41, 5.74) is 15.3. The van der Waals surface area contributed by atoms with Gasteiger partial charge in [-0.2, -0.15) is 64.8 Å². The summed E-state index contributed by atoms with van der Waals surface area (Å²) in [4.78, 5) is 43.0. The normalized spacial score (nSPS) is 16.7. The van der Waals surface area contributed by atoms with Gasteiger partial charge in [0.15, 0.2) is 28.6 Å². The molecule has 4 aliphatic heterocycles. The van der Waals surface area contributed by atoms with Crippen LogP contribution in [0.25, 0.3) is 55.9 Å². The number of amides is 1. The van der Waals surface area contributed by atoms with Gasteiger partial charge in [-0.15, -0.1) is 0 Å². The Balaban J connectivity index is 0.000000140. The van der Waals surface area contributed by atoms with Crippen molar-refractivity contribution in [3.8, 4) is 22.8 Å². The molecular formula is C59H65BClF9N18O6. The lowest BCUT2D eigenvalue weighted by Crippen LogP contribution is -2.41. The summed E-state index contributed by atoms with van der Waals surface area (Å²) in [7, 11) is -0.300. The van der Waals surface area contributed by atoms with Crippen molar-refractivity contribution in [2.45, 2.75) is 84.0 Å². The molecule has 0 unspecified atom stereocenters. The number of hydrogen-bond acceptors (Lipinski definition) is 20. The Labute approximate surface area is 536 Å². The van der Waals surface area contributed by atoms with Crippen molar-refractivity contribution >= 4 is 97.7 Å². The largest absolute Gasteiger partial charge is 0.494 e. The second-order valence-electron chi connectivity index (χ2n) is 23.0. The van der Waals surface area contributed by atoms with Crippen LogP contribution in [0.1, 0.15) is 34.6 Å². The molecule has 0 radical (unpaired) electrons. The maximum absolute atomic E-state index is 13.0. The zero-order valence-electron chi connectivity index (χ0n) is 51.4. The molecular weight excluding hydrogens is 1270 g/mol. The van der Waals surface area contributed by atoms with Crippen LogP contribution in [0.15, 0.2) is 91.4 Å². The highest BCUT2D eigenvalue weighted by Crippen LogP contribution is 2.37. The van der Waals surface area contributed by atoms with Crippen molar-refractivity contribution in [1.29, 1.82) is 0 Å². The first kappa shape index (κ1) is 68.2. The smallest absolute Gasteiger partial charge is 0.399 e. The number of anilines is 6. The zero-order valence-corrected chi connectivity index (χ0v) is 52.2. The predicted octanol–water partition coefficient (Wildman–Crippen LogP) is 8.77. The third-order valence-electron chi connectivity index (χ3n) is 15.4. The van der Waals surface area contributed by atoms with Crippen LogP contribution in [0.2, 0.25) is 5.28 Å². The summed E-state index contributed by atoms with van der Waals surface area (Å²) < 4.78 is 146. The lowest BCUT2D eigenvalue weighted by atomic mass is 9.79. The van der Waals surface area contributed by atoms with Crippen molar-refractivity contribution in [2.75, 3.05) is 110 Å². The molecule has 0 bridgehead atoms. The molecule has 9 aromatic rings. The van der Waals surface area contributed by atoms with Gasteiger partial charge in [-0.3, -0.25) is 4.79 Å². The number of halogens is 10. The number of benzene rings is 3. The summed E-state index contributed by atoms with van der Waals surface area (Å²) >= 11 is 5.84. The number of carbonyl (C=O) groups is 1. The molecule has 0 saturated carbocycles. The molecule has 500 valence electrons. The molecule has 4 fully saturated rings. The first-order chi connectivity index (χ1) is 44.5. The van der Waals surface area contributed by atoms with Crippen molar-refractivity contribution < 1.29 is 67.8 Å². The second-order valence-corrected chi connectivity index (χ2v) is 23.3. The molecule has 94 heavy (non-hydrogen) atoms. The van der Waals surface area contributed by atoms with E-state index in [1.54, 1.807) is 48.5 Å². The lowest BCUT2D eigenvalue weighted by molar-refractivity contribution is -0.142. The van der Waals surface area contributed by atoms with Crippen molar-refractivity contribution in [3.05, 3.63) is 96.7 Å². The fourth-order valence-electron chi connectivity index (χ4n) is 10.1. The first-order valence-corrected chi connectivity index (χ1v) is 29.8. The van der Waals surface area contributed by atoms with E-state index in [2.05, 4.69) is 50.5 Å². The number of rotatable bonds is 10. The average Bonchev–Trinajstić information content (AvgIpc) is 1.58. The standard InChI is InChI=1S/C19H19F3N6O2.C17H17F3N6O.C12H18BNO2.C11H11ClF3N5O/c1-12(29)24-14-4-2-13(3-5-14)16-25-17(27-6-8-30-9-7-27)15-10-23-28(18(15)26-16)11-19(20,21)22;18-17(19,20)10-26-16-13(9-22-26)15(25-5-7-27-8-6-25)23-14(24-16)11-1-3-12(21)4-2-11;1-11(2)12(3,4)16-13(15-11)9-5-7-10(14)8-6-9;12-10-17-8(19-1-3-21-4-2-19)7-5-16-20(9(7)18-10)6-11(13,14)15/h2-5,10H,6-9,11H2,1H3,(H,24,29);1-4,9H,5-8,10,21H2;5-8H,14H2,1-4H3;5H,1-4,6H2. The summed E-state index contributed by atoms with van der Waals surface area (Å²) in [6.45, 7) is 12.5. The number of nitrogens with two attached hydrogens (primary N) is 2. The molecule has 1 amide bonds. The summed E-state index contributed by atoms with van der Waals surface area (Å²) in [5, 5.41) is 15.5. The van der Waals surface area contributed by atoms with Gasteiger partial charge in [0, 0.05) is 74.4 Å². The van der Waals surface area contributed by atoms with Crippen molar-refractivity contribution in [2.24, 2.45) is 0 Å². The highest BCUT2D eigenvalue weighted by molar-refractivity contribution is 6.62. The lowest BCUT2D eigenvalue weighted by Gasteiger charge is -2.32. The number of ether oxygens (including phenoxy) is 3. The third kappa shape index (κ3) is 17.0. The van der Waals surface area contributed by atoms with Crippen LogP contribution >= 0.6 is 11.6 Å². The molecule has 0 spiro atoms. The van der Waals surface area contributed by atoms with Crippen LogP contribution in [-0.4, -0.2) is 181 Å². The fourth-order valence-corrected chi connectivity index (χ4v) is 10.3. The van der Waals surface area contributed by atoms with Gasteiger partial charge in [0.05, 0.1) is 85.6 Å². The number of nitrogens with zero attached hydrogens (tertiary/aromatic N) is 15. The highest BCUT2D eigenvalue weighted by Gasteiger charge is 2.51. The Morgan fingerprint density at radius 1 is 0.511 bits per heavy atom. The number of fused-ring (bicyclic) bond motifs is 3. The third-order valence-corrected chi connectivity index (χ3v) is 15.6. The Morgan fingerprint density at radius 3 is 1.19 bits per heavy atom. The first-order valence-electron chi connectivity index (χ1n) is 29.5. The number of hydrogen-bond donors (Lipinski definition) is 3. The Morgan fingerprint density at radius 2 is 0.840 bits per heavy atom. The van der Waals surface area contributed by atoms with Crippen LogP contribution in [0, 0.1) is 0 Å². The monoisotopic (exact) mass is 1340 g/mol. The van der Waals surface area contributed by atoms with E-state index in [4.69, 9.17) is 46.6 Å². The van der Waals surface area contributed by atoms with E-state index < -0.39 is 38.2 Å². The van der Waals surface area contributed by atoms with Gasteiger partial charge < -0.3 is 55.0 Å². The van der Waals surface area contributed by atoms with Crippen LogP contribution in [0.4, 0.5) is 74.0 Å². The molecule has 5 N–H and O–H groups in total. The van der Waals surface area contributed by atoms with Gasteiger partial charge in [-0.05, 0) is 105 Å². The van der Waals surface area contributed by atoms with E-state index in [1.165, 1.54) is 25.5 Å². The van der Waals surface area contributed by atoms with E-state index in [0.29, 0.717) is 141 Å². The van der Waals surface area contributed by atoms with Crippen LogP contribution in [0.3, 0.4) is 0 Å². The summed E-state index contributed by atoms with van der Waals surface area (Å²) in [6, 6.07) is 21.3. The molecule has 0 atom stereocenters. The Bertz CT molecular complexity index is 4050. The van der Waals surface area contributed by atoms with Gasteiger partial charge >= 0.3 is 25.6 Å². The highest BCUT2D eigenvalue weighted by atomic mass is 35.5. The molecule has 4 saturated heterocycles. The zero-order chi connectivity index (χ0) is 67.3. The van der Waals surface area contributed by atoms with Gasteiger partial charge in [0.1, 0.15) is 37.1 Å². The Hall–Kier alpha value is -8.70. The summed E-state index contributed by atoms with van der Waals surface area (Å²) in [5.74, 6) is 1.98. The van der Waals surface area contributed by atoms with Crippen LogP contribution in [-0.2, 0) is 47.9 Å². The van der Waals surface area contributed by atoms with Gasteiger partial charge in [-0.25, -0.2) is 34.0 Å². The van der Waals surface area contributed by atoms with E-state index in [0.717, 1.165) is 25.2 Å². The van der Waals surface area contributed by atoms with Gasteiger partial charge in [-0.1, -0.05) is 12.1 Å². The van der Waals surface area contributed by atoms with E-state index >= 15 is 0 Å². The molecule has 10 heterocycles. The molecule has 6 aromatic heterocycles. The number of nitrogens with one attached hydrogen (secondary N) is 1. The maximum Gasteiger partial charge on any atom is 0.494 e. The van der Waals surface area contributed by atoms with Crippen LogP contribution in [0.5, 0.6) is 0 Å². The molecule has 3 aromatic carbocycles. The number of aromatic nitrogens is 12. The average molecular weight is 1340 g/mol. The number of carbonyl (C=O) groups excluding carboxylic acids is 1. The maximum atomic E-state index is 13.0. The molecule has 35 heteroatoms. The van der Waals surface area contributed by atoms with E-state index in [1.807, 2.05) is 66.7 Å². The predicted molar refractivity (Wildman–Crippen MR) is 334 cm³/mol. The Kier molecular flexibility index (Phi) is 20.4. The minimum atomic E-state index is -4.43. The minimum absolute atomic E-state index is 0.0776. The SMILES string of the molecule is CC(=O)Nc1ccc(-c2nc(N3CCOCC3)c3cnn(CC(F)(F)F)c3n2)cc1.CC1(C)OB(c2ccc(N)cc2)OC1(C)C.FC(F)(F)Cn1ncc2c(N3CCOCC3)nc(Cl)nc21.Nc1ccc(-c2nc(N3CCOCC3)c3cnn(CC(F)(F)F)c3n2)cc1. The number of nitrogen functional groups attached to an aromatic ring is 2. The topological polar surface area (TPSA) is 268 Å². The number of alkyl halides is 9. The van der Waals surface area contributed by atoms with E-state index in [-0.39, 0.29) is 52.3 Å². The minimum Gasteiger partial charge on any atom is -0.399 e. The van der Waals surface area contributed by atoms with Crippen molar-refractivity contribution in [1.82, 2.24) is 59.2 Å². The van der Waals surface area contributed by atoms with Crippen LogP contribution < -0.4 is 36.9 Å².